The van der Waals surface area contributed by atoms with Crippen LogP contribution in [-0.4, -0.2) is 73.0 Å². The number of nitrogens with one attached hydrogen (secondary N) is 3. The van der Waals surface area contributed by atoms with Crippen molar-refractivity contribution in [3.8, 4) is 0 Å². The van der Waals surface area contributed by atoms with Crippen molar-refractivity contribution < 1.29 is 23.1 Å². The van der Waals surface area contributed by atoms with Crippen molar-refractivity contribution in [1.29, 1.82) is 0 Å². The van der Waals surface area contributed by atoms with Gasteiger partial charge in [0.2, 0.25) is 15.9 Å². The lowest BCUT2D eigenvalue weighted by molar-refractivity contribution is -0.125. The van der Waals surface area contributed by atoms with E-state index in [-0.39, 0.29) is 18.4 Å². The van der Waals surface area contributed by atoms with Gasteiger partial charge in [0.25, 0.3) is 5.91 Å². The predicted octanol–water partition coefficient (Wildman–Crippen LogP) is 3.11. The van der Waals surface area contributed by atoms with Gasteiger partial charge in [-0.2, -0.15) is 0 Å². The van der Waals surface area contributed by atoms with E-state index >= 15 is 0 Å². The molecule has 1 aliphatic heterocycles. The molecule has 2 amide bonds. The van der Waals surface area contributed by atoms with Crippen LogP contribution in [0.1, 0.15) is 67.9 Å². The first-order chi connectivity index (χ1) is 21.0. The number of hydrogen-bond donors (Lipinski definition) is 4. The standard InChI is InChI=1S/C33H45N5O5S/c1-5-7-15-34-32(41)29(22(3)39)35-19-26(16-23-11-9-8-10-12-23)36-31(40)25-17-27-24(6-2)20-38-21-33(13-14-33)44(42,43)37(4)28(18-25)30(27)38/h8-12,17-18,20,22,26,29,35,39H,5-7,13-16,19,21H2,1-4H3,(H,34,41)(H,36,40)/t22-,26-,29-/m0/s1. The van der Waals surface area contributed by atoms with Crippen molar-refractivity contribution in [1.82, 2.24) is 20.5 Å². The zero-order valence-electron chi connectivity index (χ0n) is 26.1. The molecule has 0 radical (unpaired) electrons. The molecule has 11 heteroatoms. The van der Waals surface area contributed by atoms with Crippen molar-refractivity contribution in [2.45, 2.75) is 88.8 Å². The minimum Gasteiger partial charge on any atom is -0.391 e. The Labute approximate surface area is 260 Å². The van der Waals surface area contributed by atoms with Crippen LogP contribution < -0.4 is 20.3 Å². The van der Waals surface area contributed by atoms with Crippen LogP contribution >= 0.6 is 0 Å². The summed E-state index contributed by atoms with van der Waals surface area (Å²) in [4.78, 5) is 26.7. The summed E-state index contributed by atoms with van der Waals surface area (Å²) in [7, 11) is -2.02. The summed E-state index contributed by atoms with van der Waals surface area (Å²) in [6.45, 7) is 6.85. The summed E-state index contributed by atoms with van der Waals surface area (Å²) in [5, 5.41) is 20.5. The van der Waals surface area contributed by atoms with Gasteiger partial charge in [0.05, 0.1) is 17.3 Å². The summed E-state index contributed by atoms with van der Waals surface area (Å²) in [5.41, 5.74) is 3.79. The Bertz CT molecular complexity index is 1610. The number of aliphatic hydroxyl groups excluding tert-OH is 1. The topological polar surface area (TPSA) is 133 Å². The van der Waals surface area contributed by atoms with Crippen molar-refractivity contribution in [3.05, 3.63) is 65.4 Å². The number of unbranched alkanes of at least 4 members (excludes halogenated alkanes) is 1. The highest BCUT2D eigenvalue weighted by Crippen LogP contribution is 2.51. The van der Waals surface area contributed by atoms with Crippen LogP contribution in [0.3, 0.4) is 0 Å². The molecule has 44 heavy (non-hydrogen) atoms. The third kappa shape index (κ3) is 6.23. The van der Waals surface area contributed by atoms with Gasteiger partial charge >= 0.3 is 0 Å². The van der Waals surface area contributed by atoms with E-state index in [9.17, 15) is 23.1 Å². The highest BCUT2D eigenvalue weighted by molar-refractivity contribution is 7.94. The average Bonchev–Trinajstić information content (AvgIpc) is 3.72. The van der Waals surface area contributed by atoms with Crippen LogP contribution in [0.2, 0.25) is 0 Å². The number of carbonyl (C=O) groups is 2. The van der Waals surface area contributed by atoms with Crippen molar-refractivity contribution in [3.63, 3.8) is 0 Å². The number of anilines is 1. The Hall–Kier alpha value is -3.41. The van der Waals surface area contributed by atoms with Crippen LogP contribution in [-0.2, 0) is 34.2 Å². The third-order valence-electron chi connectivity index (χ3n) is 9.03. The predicted molar refractivity (Wildman–Crippen MR) is 173 cm³/mol. The van der Waals surface area contributed by atoms with Crippen LogP contribution in [0.15, 0.2) is 48.7 Å². The molecule has 1 aliphatic carbocycles. The quantitative estimate of drug-likeness (QED) is 0.216. The molecule has 0 bridgehead atoms. The van der Waals surface area contributed by atoms with Crippen molar-refractivity contribution in [2.24, 2.45) is 0 Å². The molecule has 1 aromatic heterocycles. The lowest BCUT2D eigenvalue weighted by Crippen LogP contribution is -2.54. The van der Waals surface area contributed by atoms with Gasteiger partial charge in [-0.1, -0.05) is 50.6 Å². The third-order valence-corrected chi connectivity index (χ3v) is 11.6. The summed E-state index contributed by atoms with van der Waals surface area (Å²) < 4.78 is 29.9. The van der Waals surface area contributed by atoms with Crippen LogP contribution in [0.5, 0.6) is 0 Å². The molecule has 10 nitrogen and oxygen atoms in total. The second-order valence-corrected chi connectivity index (χ2v) is 14.7. The fourth-order valence-electron chi connectivity index (χ4n) is 6.22. The molecule has 5 rings (SSSR count). The number of aliphatic hydroxyl groups is 1. The smallest absolute Gasteiger partial charge is 0.251 e. The maximum absolute atomic E-state index is 13.9. The first kappa shape index (κ1) is 32.0. The SMILES string of the molecule is CCCCNC(=O)[C@@H](NC[C@H](Cc1ccccc1)NC(=O)c1cc2c3c(c1)c(CC)cn3CC1(CC1)S(=O)(=O)N2C)[C@H](C)O. The number of benzene rings is 2. The van der Waals surface area contributed by atoms with E-state index in [4.69, 9.17) is 0 Å². The van der Waals surface area contributed by atoms with E-state index in [0.29, 0.717) is 43.6 Å². The largest absolute Gasteiger partial charge is 0.391 e. The maximum atomic E-state index is 13.9. The molecule has 2 aromatic carbocycles. The van der Waals surface area contributed by atoms with E-state index in [2.05, 4.69) is 27.4 Å². The molecule has 4 N–H and O–H groups in total. The molecule has 0 saturated heterocycles. The Balaban J connectivity index is 1.43. The number of aryl methyl sites for hydroxylation is 1. The fraction of sp³-hybridized carbons (Fsp3) is 0.515. The highest BCUT2D eigenvalue weighted by atomic mass is 32.2. The molecule has 1 fully saturated rings. The lowest BCUT2D eigenvalue weighted by Gasteiger charge is -2.26. The number of amides is 2. The van der Waals surface area contributed by atoms with Crippen LogP contribution in [0, 0.1) is 0 Å². The number of aromatic nitrogens is 1. The van der Waals surface area contributed by atoms with E-state index in [1.165, 1.54) is 4.31 Å². The summed E-state index contributed by atoms with van der Waals surface area (Å²) in [6.07, 6.45) is 5.38. The molecule has 238 valence electrons. The number of rotatable bonds is 13. The Morgan fingerprint density at radius 3 is 2.48 bits per heavy atom. The molecular formula is C33H45N5O5S. The van der Waals surface area contributed by atoms with Crippen molar-refractivity contribution in [2.75, 3.05) is 24.4 Å². The Morgan fingerprint density at radius 1 is 1.11 bits per heavy atom. The van der Waals surface area contributed by atoms with E-state index in [0.717, 1.165) is 41.3 Å². The summed E-state index contributed by atoms with van der Waals surface area (Å²) >= 11 is 0. The monoisotopic (exact) mass is 623 g/mol. The molecule has 1 spiro atoms. The molecule has 3 aromatic rings. The van der Waals surface area contributed by atoms with Gasteiger partial charge in [0.1, 0.15) is 10.8 Å². The summed E-state index contributed by atoms with van der Waals surface area (Å²) in [6, 6.07) is 12.0. The lowest BCUT2D eigenvalue weighted by atomic mass is 10.0. The van der Waals surface area contributed by atoms with Crippen molar-refractivity contribution >= 4 is 38.4 Å². The van der Waals surface area contributed by atoms with Gasteiger partial charge in [-0.3, -0.25) is 13.9 Å². The molecule has 1 saturated carbocycles. The minimum atomic E-state index is -3.61. The van der Waals surface area contributed by atoms with Gasteiger partial charge in [0.15, 0.2) is 0 Å². The van der Waals surface area contributed by atoms with Gasteiger partial charge in [-0.15, -0.1) is 0 Å². The zero-order valence-corrected chi connectivity index (χ0v) is 26.9. The normalized spacial score (nSPS) is 18.4. The molecule has 3 atom stereocenters. The van der Waals surface area contributed by atoms with E-state index in [1.807, 2.05) is 49.5 Å². The molecule has 2 aliphatic rings. The average molecular weight is 624 g/mol. The Morgan fingerprint density at radius 2 is 1.84 bits per heavy atom. The number of sulfonamides is 1. The first-order valence-electron chi connectivity index (χ1n) is 15.7. The minimum absolute atomic E-state index is 0.236. The van der Waals surface area contributed by atoms with Crippen LogP contribution in [0.25, 0.3) is 10.9 Å². The van der Waals surface area contributed by atoms with Crippen LogP contribution in [0.4, 0.5) is 5.69 Å². The molecule has 0 unspecified atom stereocenters. The number of hydrogen-bond acceptors (Lipinski definition) is 6. The zero-order chi connectivity index (χ0) is 31.6. The summed E-state index contributed by atoms with van der Waals surface area (Å²) in [5.74, 6) is -0.619. The van der Waals surface area contributed by atoms with Gasteiger partial charge in [-0.25, -0.2) is 8.42 Å². The second-order valence-electron chi connectivity index (χ2n) is 12.3. The van der Waals surface area contributed by atoms with E-state index < -0.39 is 33.0 Å². The number of nitrogens with zero attached hydrogens (tertiary/aromatic N) is 2. The first-order valence-corrected chi connectivity index (χ1v) is 17.1. The fourth-order valence-corrected chi connectivity index (χ4v) is 8.12. The van der Waals surface area contributed by atoms with Gasteiger partial charge in [-0.05, 0) is 62.3 Å². The van der Waals surface area contributed by atoms with Gasteiger partial charge < -0.3 is 25.6 Å². The van der Waals surface area contributed by atoms with E-state index in [1.54, 1.807) is 20.0 Å². The molecular weight excluding hydrogens is 578 g/mol. The second kappa shape index (κ2) is 12.9. The molecule has 2 heterocycles. The number of carbonyl (C=O) groups excluding carboxylic acids is 2. The Kier molecular flexibility index (Phi) is 9.38. The highest BCUT2D eigenvalue weighted by Gasteiger charge is 2.58. The maximum Gasteiger partial charge on any atom is 0.251 e. The van der Waals surface area contributed by atoms with Gasteiger partial charge in [0, 0.05) is 49.9 Å².